The molecular formula is C24H26N2O3S. The minimum absolute atomic E-state index is 0.0118. The number of hydrogen-bond acceptors (Lipinski definition) is 5. The smallest absolute Gasteiger partial charge is 0.312 e. The normalized spacial score (nSPS) is 11.7. The minimum atomic E-state index is -0.834. The average molecular weight is 423 g/mol. The number of rotatable bonds is 8. The van der Waals surface area contributed by atoms with Crippen molar-refractivity contribution < 1.29 is 14.3 Å². The van der Waals surface area contributed by atoms with E-state index < -0.39 is 12.1 Å². The van der Waals surface area contributed by atoms with Gasteiger partial charge in [0.05, 0.1) is 17.0 Å². The van der Waals surface area contributed by atoms with Gasteiger partial charge >= 0.3 is 5.97 Å². The zero-order chi connectivity index (χ0) is 21.5. The predicted molar refractivity (Wildman–Crippen MR) is 120 cm³/mol. The molecule has 1 amide bonds. The van der Waals surface area contributed by atoms with Gasteiger partial charge in [-0.3, -0.25) is 9.59 Å². The second-order valence-corrected chi connectivity index (χ2v) is 8.13. The molecule has 0 aliphatic rings. The van der Waals surface area contributed by atoms with Crippen molar-refractivity contribution in [2.24, 2.45) is 0 Å². The molecule has 0 unspecified atom stereocenters. The number of esters is 1. The van der Waals surface area contributed by atoms with E-state index in [2.05, 4.69) is 5.32 Å². The molecule has 0 bridgehead atoms. The third kappa shape index (κ3) is 5.54. The van der Waals surface area contributed by atoms with Gasteiger partial charge in [-0.2, -0.15) is 0 Å². The predicted octanol–water partition coefficient (Wildman–Crippen LogP) is 4.79. The summed E-state index contributed by atoms with van der Waals surface area (Å²) in [4.78, 5) is 30.2. The van der Waals surface area contributed by atoms with Crippen molar-refractivity contribution in [2.45, 2.75) is 39.7 Å². The molecule has 0 aliphatic carbocycles. The highest BCUT2D eigenvalue weighted by Crippen LogP contribution is 2.36. The van der Waals surface area contributed by atoms with E-state index in [1.165, 1.54) is 5.56 Å². The topological polar surface area (TPSA) is 68.3 Å². The Morgan fingerprint density at radius 2 is 1.77 bits per heavy atom. The molecule has 0 radical (unpaired) electrons. The largest absolute Gasteiger partial charge is 0.452 e. The molecule has 2 aromatic carbocycles. The maximum absolute atomic E-state index is 12.5. The summed E-state index contributed by atoms with van der Waals surface area (Å²) < 4.78 is 5.35. The number of hydrogen-bond donors (Lipinski definition) is 1. The fraction of sp³-hybridized carbons (Fsp3) is 0.292. The molecule has 6 heteroatoms. The van der Waals surface area contributed by atoms with Crippen LogP contribution in [-0.2, 0) is 20.7 Å². The summed E-state index contributed by atoms with van der Waals surface area (Å²) in [7, 11) is 0. The van der Waals surface area contributed by atoms with Crippen LogP contribution in [0.2, 0.25) is 0 Å². The second-order valence-electron chi connectivity index (χ2n) is 7.13. The Hall–Kier alpha value is -2.99. The summed E-state index contributed by atoms with van der Waals surface area (Å²) in [6, 6.07) is 18.0. The molecule has 0 saturated carbocycles. The van der Waals surface area contributed by atoms with Gasteiger partial charge in [-0.1, -0.05) is 67.1 Å². The van der Waals surface area contributed by atoms with Gasteiger partial charge < -0.3 is 10.1 Å². The zero-order valence-corrected chi connectivity index (χ0v) is 18.3. The molecule has 1 atom stereocenters. The Labute approximate surface area is 181 Å². The van der Waals surface area contributed by atoms with Gasteiger partial charge in [-0.25, -0.2) is 4.98 Å². The summed E-state index contributed by atoms with van der Waals surface area (Å²) in [5, 5.41) is 3.59. The van der Waals surface area contributed by atoms with E-state index in [-0.39, 0.29) is 12.3 Å². The quantitative estimate of drug-likeness (QED) is 0.530. The summed E-state index contributed by atoms with van der Waals surface area (Å²) in [5.74, 6) is -0.750. The van der Waals surface area contributed by atoms with E-state index in [1.54, 1.807) is 18.3 Å². The van der Waals surface area contributed by atoms with Crippen LogP contribution in [-0.4, -0.2) is 29.5 Å². The van der Waals surface area contributed by atoms with Crippen LogP contribution in [0, 0.1) is 6.92 Å². The van der Waals surface area contributed by atoms with E-state index in [0.717, 1.165) is 27.4 Å². The monoisotopic (exact) mass is 422 g/mol. The van der Waals surface area contributed by atoms with Crippen molar-refractivity contribution in [3.8, 4) is 21.0 Å². The van der Waals surface area contributed by atoms with Crippen molar-refractivity contribution >= 4 is 23.2 Å². The molecule has 30 heavy (non-hydrogen) atoms. The standard InChI is InChI=1S/C24H26N2O3S/c1-4-14-25-23(28)17(3)29-21(27)15-20-22(18-12-10-16(2)11-13-18)30-24(26-20)19-8-6-5-7-9-19/h5-13,17H,4,14-15H2,1-3H3,(H,25,28)/t17-/m0/s1. The lowest BCUT2D eigenvalue weighted by atomic mass is 10.1. The van der Waals surface area contributed by atoms with Crippen LogP contribution in [0.4, 0.5) is 0 Å². The maximum atomic E-state index is 12.5. The Morgan fingerprint density at radius 1 is 1.07 bits per heavy atom. The van der Waals surface area contributed by atoms with Crippen LogP contribution in [0.1, 0.15) is 31.5 Å². The molecular weight excluding hydrogens is 396 g/mol. The number of ether oxygens (including phenoxy) is 1. The van der Waals surface area contributed by atoms with E-state index in [1.807, 2.05) is 68.4 Å². The average Bonchev–Trinajstić information content (AvgIpc) is 3.16. The number of thiazole rings is 1. The number of benzene rings is 2. The molecule has 0 fully saturated rings. The van der Waals surface area contributed by atoms with Crippen LogP contribution in [0.5, 0.6) is 0 Å². The Bertz CT molecular complexity index is 997. The molecule has 3 aromatic rings. The van der Waals surface area contributed by atoms with Crippen LogP contribution in [0.3, 0.4) is 0 Å². The van der Waals surface area contributed by atoms with Gasteiger partial charge in [0.1, 0.15) is 5.01 Å². The second kappa shape index (κ2) is 10.2. The molecule has 3 rings (SSSR count). The first kappa shape index (κ1) is 21.7. The highest BCUT2D eigenvalue weighted by Gasteiger charge is 2.21. The number of aryl methyl sites for hydroxylation is 1. The van der Waals surface area contributed by atoms with E-state index in [4.69, 9.17) is 9.72 Å². The Kier molecular flexibility index (Phi) is 7.36. The molecule has 1 N–H and O–H groups in total. The Balaban J connectivity index is 1.83. The number of aromatic nitrogens is 1. The summed E-state index contributed by atoms with van der Waals surface area (Å²) in [5.41, 5.74) is 3.84. The van der Waals surface area contributed by atoms with Gasteiger partial charge in [-0.05, 0) is 25.8 Å². The molecule has 0 saturated heterocycles. The number of carbonyl (C=O) groups is 2. The lowest BCUT2D eigenvalue weighted by Crippen LogP contribution is -2.36. The third-order valence-electron chi connectivity index (χ3n) is 4.57. The van der Waals surface area contributed by atoms with Crippen molar-refractivity contribution in [1.82, 2.24) is 10.3 Å². The van der Waals surface area contributed by atoms with Crippen LogP contribution in [0.25, 0.3) is 21.0 Å². The number of amides is 1. The van der Waals surface area contributed by atoms with Crippen molar-refractivity contribution in [3.05, 3.63) is 65.9 Å². The first-order chi connectivity index (χ1) is 14.5. The summed E-state index contributed by atoms with van der Waals surface area (Å²) in [6.07, 6.45) is 0.00447. The number of nitrogens with one attached hydrogen (secondary N) is 1. The lowest BCUT2D eigenvalue weighted by molar-refractivity contribution is -0.154. The first-order valence-electron chi connectivity index (χ1n) is 10.1. The minimum Gasteiger partial charge on any atom is -0.452 e. The third-order valence-corrected chi connectivity index (χ3v) is 5.77. The highest BCUT2D eigenvalue weighted by molar-refractivity contribution is 7.18. The van der Waals surface area contributed by atoms with Crippen LogP contribution in [0.15, 0.2) is 54.6 Å². The van der Waals surface area contributed by atoms with E-state index in [0.29, 0.717) is 12.2 Å². The van der Waals surface area contributed by atoms with Gasteiger partial charge in [-0.15, -0.1) is 11.3 Å². The first-order valence-corrected chi connectivity index (χ1v) is 10.9. The Morgan fingerprint density at radius 3 is 2.43 bits per heavy atom. The van der Waals surface area contributed by atoms with E-state index in [9.17, 15) is 9.59 Å². The van der Waals surface area contributed by atoms with Gasteiger partial charge in [0.25, 0.3) is 5.91 Å². The maximum Gasteiger partial charge on any atom is 0.312 e. The van der Waals surface area contributed by atoms with E-state index >= 15 is 0 Å². The van der Waals surface area contributed by atoms with Crippen LogP contribution >= 0.6 is 11.3 Å². The van der Waals surface area contributed by atoms with Gasteiger partial charge in [0.2, 0.25) is 0 Å². The van der Waals surface area contributed by atoms with Crippen molar-refractivity contribution in [1.29, 1.82) is 0 Å². The van der Waals surface area contributed by atoms with Gasteiger partial charge in [0, 0.05) is 12.1 Å². The fourth-order valence-corrected chi connectivity index (χ4v) is 4.02. The van der Waals surface area contributed by atoms with Crippen LogP contribution < -0.4 is 5.32 Å². The zero-order valence-electron chi connectivity index (χ0n) is 17.5. The van der Waals surface area contributed by atoms with Gasteiger partial charge in [0.15, 0.2) is 6.10 Å². The molecule has 0 aliphatic heterocycles. The fourth-order valence-electron chi connectivity index (χ4n) is 2.93. The summed E-state index contributed by atoms with van der Waals surface area (Å²) >= 11 is 1.55. The van der Waals surface area contributed by atoms with Crippen molar-refractivity contribution in [2.75, 3.05) is 6.54 Å². The molecule has 156 valence electrons. The SMILES string of the molecule is CCCNC(=O)[C@H](C)OC(=O)Cc1nc(-c2ccccc2)sc1-c1ccc(C)cc1. The highest BCUT2D eigenvalue weighted by atomic mass is 32.1. The van der Waals surface area contributed by atoms with Crippen molar-refractivity contribution in [3.63, 3.8) is 0 Å². The number of carbonyl (C=O) groups excluding carboxylic acids is 2. The molecule has 5 nitrogen and oxygen atoms in total. The summed E-state index contributed by atoms with van der Waals surface area (Å²) in [6.45, 7) is 6.15. The molecule has 0 spiro atoms. The molecule has 1 heterocycles. The molecule has 1 aromatic heterocycles. The lowest BCUT2D eigenvalue weighted by Gasteiger charge is -2.13. The number of nitrogens with zero attached hydrogens (tertiary/aromatic N) is 1.